The summed E-state index contributed by atoms with van der Waals surface area (Å²) in [6, 6.07) is 9.06. The van der Waals surface area contributed by atoms with Crippen molar-refractivity contribution in [1.82, 2.24) is 4.90 Å². The Balaban J connectivity index is 1.79. The number of morpholine rings is 1. The van der Waals surface area contributed by atoms with Gasteiger partial charge in [0.25, 0.3) is 0 Å². The van der Waals surface area contributed by atoms with Gasteiger partial charge >= 0.3 is 0 Å². The molecule has 2 aromatic rings. The number of hydrogen-bond donors (Lipinski definition) is 0. The van der Waals surface area contributed by atoms with E-state index in [0.29, 0.717) is 35.2 Å². The highest BCUT2D eigenvalue weighted by molar-refractivity contribution is 6.32. The van der Waals surface area contributed by atoms with Crippen LogP contribution in [0.25, 0.3) is 6.08 Å². The van der Waals surface area contributed by atoms with Crippen molar-refractivity contribution in [2.45, 2.75) is 13.5 Å². The number of halogens is 1. The van der Waals surface area contributed by atoms with Crippen LogP contribution in [-0.2, 0) is 11.3 Å². The Bertz CT molecular complexity index is 938. The van der Waals surface area contributed by atoms with Crippen LogP contribution in [0.15, 0.2) is 36.4 Å². The summed E-state index contributed by atoms with van der Waals surface area (Å²) < 4.78 is 21.8. The van der Waals surface area contributed by atoms with Crippen LogP contribution >= 0.6 is 11.6 Å². The molecule has 0 unspecified atom stereocenters. The molecule has 0 N–H and O–H groups in total. The quantitative estimate of drug-likeness (QED) is 0.419. The molecule has 0 spiro atoms. The first-order chi connectivity index (χ1) is 15.0. The largest absolute Gasteiger partial charge is 0.496 e. The van der Waals surface area contributed by atoms with Gasteiger partial charge in [-0.1, -0.05) is 17.7 Å². The number of carbonyl (C=O) groups is 1. The number of hydrogen-bond acceptors (Lipinski definition) is 6. The van der Waals surface area contributed by atoms with Crippen LogP contribution in [0.2, 0.25) is 5.02 Å². The van der Waals surface area contributed by atoms with Crippen molar-refractivity contribution in [3.8, 4) is 17.2 Å². The molecule has 2 aromatic carbocycles. The Morgan fingerprint density at radius 1 is 1.13 bits per heavy atom. The molecule has 0 bridgehead atoms. The summed E-state index contributed by atoms with van der Waals surface area (Å²) >= 11 is 6.30. The highest BCUT2D eigenvalue weighted by Crippen LogP contribution is 2.36. The van der Waals surface area contributed by atoms with Crippen LogP contribution in [-0.4, -0.2) is 57.8 Å². The molecule has 0 atom stereocenters. The third-order valence-electron chi connectivity index (χ3n) is 5.03. The minimum absolute atomic E-state index is 0.101. The average Bonchev–Trinajstić information content (AvgIpc) is 2.78. The molecular formula is C24H28ClNO5. The van der Waals surface area contributed by atoms with E-state index in [1.165, 1.54) is 6.08 Å². The van der Waals surface area contributed by atoms with Gasteiger partial charge in [-0.2, -0.15) is 0 Å². The molecule has 0 amide bonds. The summed E-state index contributed by atoms with van der Waals surface area (Å²) in [6.45, 7) is 6.25. The molecule has 6 nitrogen and oxygen atoms in total. The molecule has 0 aliphatic carbocycles. The van der Waals surface area contributed by atoms with Crippen molar-refractivity contribution in [2.75, 3.05) is 47.1 Å². The minimum Gasteiger partial charge on any atom is -0.496 e. The van der Waals surface area contributed by atoms with Crippen molar-refractivity contribution in [2.24, 2.45) is 0 Å². The number of benzene rings is 2. The first kappa shape index (κ1) is 23.1. The van der Waals surface area contributed by atoms with Crippen LogP contribution in [0.5, 0.6) is 17.2 Å². The molecule has 0 radical (unpaired) electrons. The first-order valence-corrected chi connectivity index (χ1v) is 10.6. The van der Waals surface area contributed by atoms with Crippen LogP contribution < -0.4 is 14.2 Å². The Hall–Kier alpha value is -2.54. The summed E-state index contributed by atoms with van der Waals surface area (Å²) in [5.41, 5.74) is 2.34. The second kappa shape index (κ2) is 11.2. The fraction of sp³-hybridized carbons (Fsp3) is 0.375. The van der Waals surface area contributed by atoms with Gasteiger partial charge in [0.2, 0.25) is 0 Å². The predicted molar refractivity (Wildman–Crippen MR) is 122 cm³/mol. The number of allylic oxidation sites excluding steroid dienone is 1. The van der Waals surface area contributed by atoms with E-state index in [-0.39, 0.29) is 5.78 Å². The van der Waals surface area contributed by atoms with Gasteiger partial charge in [-0.05, 0) is 48.9 Å². The fourth-order valence-electron chi connectivity index (χ4n) is 3.47. The fourth-order valence-corrected chi connectivity index (χ4v) is 3.77. The van der Waals surface area contributed by atoms with Gasteiger partial charge in [0, 0.05) is 30.8 Å². The lowest BCUT2D eigenvalue weighted by Crippen LogP contribution is -2.35. The van der Waals surface area contributed by atoms with Gasteiger partial charge in [-0.25, -0.2) is 0 Å². The maximum atomic E-state index is 12.8. The molecule has 1 aliphatic rings. The summed E-state index contributed by atoms with van der Waals surface area (Å²) in [4.78, 5) is 15.1. The third kappa shape index (κ3) is 6.00. The van der Waals surface area contributed by atoms with E-state index in [1.54, 1.807) is 38.5 Å². The van der Waals surface area contributed by atoms with Crippen molar-refractivity contribution in [3.05, 3.63) is 58.1 Å². The van der Waals surface area contributed by atoms with Gasteiger partial charge in [-0.3, -0.25) is 9.69 Å². The first-order valence-electron chi connectivity index (χ1n) is 10.3. The van der Waals surface area contributed by atoms with Crippen LogP contribution in [0.4, 0.5) is 0 Å². The summed E-state index contributed by atoms with van der Waals surface area (Å²) in [5, 5.41) is 0.429. The van der Waals surface area contributed by atoms with Crippen molar-refractivity contribution < 1.29 is 23.7 Å². The van der Waals surface area contributed by atoms with E-state index in [9.17, 15) is 4.79 Å². The smallest absolute Gasteiger partial charge is 0.185 e. The number of nitrogens with zero attached hydrogens (tertiary/aromatic N) is 1. The van der Waals surface area contributed by atoms with E-state index >= 15 is 0 Å². The topological polar surface area (TPSA) is 57.2 Å². The summed E-state index contributed by atoms with van der Waals surface area (Å²) in [7, 11) is 3.18. The van der Waals surface area contributed by atoms with Gasteiger partial charge < -0.3 is 18.9 Å². The summed E-state index contributed by atoms with van der Waals surface area (Å²) in [5.74, 6) is 1.70. The normalized spacial score (nSPS) is 14.6. The van der Waals surface area contributed by atoms with Gasteiger partial charge in [0.1, 0.15) is 5.75 Å². The number of ketones is 1. The molecule has 0 aromatic heterocycles. The van der Waals surface area contributed by atoms with Crippen LogP contribution in [0.3, 0.4) is 0 Å². The number of methoxy groups -OCH3 is 2. The second-order valence-electron chi connectivity index (χ2n) is 7.08. The Morgan fingerprint density at radius 2 is 1.90 bits per heavy atom. The molecule has 1 fully saturated rings. The van der Waals surface area contributed by atoms with E-state index in [2.05, 4.69) is 4.90 Å². The molecule has 3 rings (SSSR count). The molecule has 1 saturated heterocycles. The zero-order chi connectivity index (χ0) is 22.2. The maximum Gasteiger partial charge on any atom is 0.185 e. The van der Waals surface area contributed by atoms with Crippen molar-refractivity contribution in [1.29, 1.82) is 0 Å². The number of ether oxygens (including phenoxy) is 4. The Kier molecular flexibility index (Phi) is 8.35. The molecule has 1 aliphatic heterocycles. The SMILES string of the molecule is CCOc1cc(C=CC(=O)c2ccc(OC)c(CN3CCOCC3)c2)cc(Cl)c1OC. The second-order valence-corrected chi connectivity index (χ2v) is 7.49. The standard InChI is InChI=1S/C24H28ClNO5/c1-4-31-23-14-17(13-20(25)24(23)29-3)5-7-21(27)18-6-8-22(28-2)19(15-18)16-26-9-11-30-12-10-26/h5-8,13-15H,4,9-12,16H2,1-3H3. The van der Waals surface area contributed by atoms with Crippen LogP contribution in [0.1, 0.15) is 28.4 Å². The van der Waals surface area contributed by atoms with Gasteiger partial charge in [0.15, 0.2) is 17.3 Å². The lowest BCUT2D eigenvalue weighted by molar-refractivity contribution is 0.0338. The van der Waals surface area contributed by atoms with Crippen LogP contribution in [0, 0.1) is 0 Å². The van der Waals surface area contributed by atoms with E-state index < -0.39 is 0 Å². The summed E-state index contributed by atoms with van der Waals surface area (Å²) in [6.07, 6.45) is 3.26. The molecule has 166 valence electrons. The Morgan fingerprint density at radius 3 is 2.58 bits per heavy atom. The lowest BCUT2D eigenvalue weighted by atomic mass is 10.0. The number of rotatable bonds is 9. The van der Waals surface area contributed by atoms with E-state index in [0.717, 1.165) is 43.2 Å². The molecule has 7 heteroatoms. The van der Waals surface area contributed by atoms with Crippen molar-refractivity contribution >= 4 is 23.5 Å². The molecule has 0 saturated carbocycles. The average molecular weight is 446 g/mol. The number of carbonyl (C=O) groups excluding carboxylic acids is 1. The van der Waals surface area contributed by atoms with Gasteiger partial charge in [0.05, 0.1) is 39.1 Å². The zero-order valence-electron chi connectivity index (χ0n) is 18.2. The minimum atomic E-state index is -0.101. The highest BCUT2D eigenvalue weighted by Gasteiger charge is 2.15. The lowest BCUT2D eigenvalue weighted by Gasteiger charge is -2.27. The maximum absolute atomic E-state index is 12.8. The molecule has 31 heavy (non-hydrogen) atoms. The third-order valence-corrected chi connectivity index (χ3v) is 5.31. The Labute approximate surface area is 188 Å². The van der Waals surface area contributed by atoms with Crippen molar-refractivity contribution in [3.63, 3.8) is 0 Å². The highest BCUT2D eigenvalue weighted by atomic mass is 35.5. The van der Waals surface area contributed by atoms with E-state index in [4.69, 9.17) is 30.5 Å². The monoisotopic (exact) mass is 445 g/mol. The van der Waals surface area contributed by atoms with Gasteiger partial charge in [-0.15, -0.1) is 0 Å². The molecule has 1 heterocycles. The predicted octanol–water partition coefficient (Wildman–Crippen LogP) is 4.48. The van der Waals surface area contributed by atoms with E-state index in [1.807, 2.05) is 19.1 Å². The molecular weight excluding hydrogens is 418 g/mol. The zero-order valence-corrected chi connectivity index (χ0v) is 18.9.